The first-order valence-corrected chi connectivity index (χ1v) is 7.87. The van der Waals surface area contributed by atoms with Crippen molar-refractivity contribution in [2.45, 2.75) is 18.6 Å². The van der Waals surface area contributed by atoms with Gasteiger partial charge in [-0.05, 0) is 29.7 Å². The van der Waals surface area contributed by atoms with Gasteiger partial charge in [0.05, 0.1) is 0 Å². The minimum Gasteiger partial charge on any atom is -0.329 e. The summed E-state index contributed by atoms with van der Waals surface area (Å²) in [7, 11) is 0. The van der Waals surface area contributed by atoms with E-state index < -0.39 is 0 Å². The minimum atomic E-state index is 0.557. The first-order chi connectivity index (χ1) is 8.65. The maximum atomic E-state index is 5.81. The van der Waals surface area contributed by atoms with Crippen LogP contribution < -0.4 is 5.73 Å². The van der Waals surface area contributed by atoms with Gasteiger partial charge in [0.25, 0.3) is 0 Å². The number of hydrogen-bond donors (Lipinski definition) is 1. The summed E-state index contributed by atoms with van der Waals surface area (Å²) >= 11 is 1.88. The number of hydrogen-bond acceptors (Lipinski definition) is 3. The van der Waals surface area contributed by atoms with Crippen LogP contribution in [0.1, 0.15) is 13.3 Å². The molecule has 18 heavy (non-hydrogen) atoms. The molecule has 3 heteroatoms. The third-order valence-corrected chi connectivity index (χ3v) is 4.98. The highest BCUT2D eigenvalue weighted by Crippen LogP contribution is 2.23. The number of nitrogens with zero attached hydrogens (tertiary/aromatic N) is 1. The van der Waals surface area contributed by atoms with E-state index in [0.717, 1.165) is 32.6 Å². The summed E-state index contributed by atoms with van der Waals surface area (Å²) in [6.45, 7) is 14.1. The number of allylic oxidation sites excluding steroid dienone is 1. The molecule has 0 aromatic heterocycles. The highest BCUT2D eigenvalue weighted by Gasteiger charge is 2.21. The van der Waals surface area contributed by atoms with E-state index in [1.54, 1.807) is 0 Å². The predicted octanol–water partition coefficient (Wildman–Crippen LogP) is 2.69. The molecule has 2 nitrogen and oxygen atoms in total. The molecule has 0 aromatic rings. The lowest BCUT2D eigenvalue weighted by Gasteiger charge is -2.33. The summed E-state index contributed by atoms with van der Waals surface area (Å²) in [5, 5.41) is 0.557. The van der Waals surface area contributed by atoms with E-state index in [4.69, 9.17) is 5.73 Å². The number of rotatable bonds is 7. The molecule has 1 heterocycles. The highest BCUT2D eigenvalue weighted by atomic mass is 32.2. The zero-order valence-electron chi connectivity index (χ0n) is 11.7. The van der Waals surface area contributed by atoms with E-state index in [-0.39, 0.29) is 0 Å². The summed E-state index contributed by atoms with van der Waals surface area (Å²) in [5.74, 6) is 0.626. The largest absolute Gasteiger partial charge is 0.329 e. The molecule has 0 amide bonds. The van der Waals surface area contributed by atoms with Crippen molar-refractivity contribution in [2.75, 3.05) is 32.4 Å². The van der Waals surface area contributed by atoms with Gasteiger partial charge in [-0.15, -0.1) is 0 Å². The summed E-state index contributed by atoms with van der Waals surface area (Å²) < 4.78 is 0. The molecule has 0 saturated carbocycles. The van der Waals surface area contributed by atoms with E-state index in [1.807, 2.05) is 23.9 Å². The molecule has 1 rings (SSSR count). The van der Waals surface area contributed by atoms with E-state index in [9.17, 15) is 0 Å². The van der Waals surface area contributed by atoms with Gasteiger partial charge in [0.1, 0.15) is 0 Å². The predicted molar refractivity (Wildman–Crippen MR) is 84.0 cm³/mol. The highest BCUT2D eigenvalue weighted by molar-refractivity contribution is 7.99. The summed E-state index contributed by atoms with van der Waals surface area (Å²) in [6, 6.07) is 0. The van der Waals surface area contributed by atoms with Crippen LogP contribution in [0.5, 0.6) is 0 Å². The number of thioether (sulfide) groups is 1. The van der Waals surface area contributed by atoms with Gasteiger partial charge in [0.2, 0.25) is 0 Å². The fraction of sp³-hybridized carbons (Fsp3) is 0.600. The molecule has 2 unspecified atom stereocenters. The zero-order chi connectivity index (χ0) is 13.5. The van der Waals surface area contributed by atoms with Gasteiger partial charge in [-0.25, -0.2) is 0 Å². The topological polar surface area (TPSA) is 29.3 Å². The molecule has 0 spiro atoms. The molecule has 1 aliphatic heterocycles. The Bertz CT molecular complexity index is 318. The Kier molecular flexibility index (Phi) is 6.76. The molecule has 0 bridgehead atoms. The van der Waals surface area contributed by atoms with E-state index >= 15 is 0 Å². The van der Waals surface area contributed by atoms with Crippen molar-refractivity contribution in [3.63, 3.8) is 0 Å². The smallest absolute Gasteiger partial charge is 0.0236 e. The molecule has 102 valence electrons. The molecule has 0 radical (unpaired) electrons. The molecule has 0 saturated heterocycles. The molecule has 2 N–H and O–H groups in total. The Morgan fingerprint density at radius 1 is 1.39 bits per heavy atom. The molecule has 1 aliphatic rings. The van der Waals surface area contributed by atoms with Crippen LogP contribution in [0.3, 0.4) is 0 Å². The van der Waals surface area contributed by atoms with Gasteiger partial charge < -0.3 is 5.73 Å². The lowest BCUT2D eigenvalue weighted by molar-refractivity contribution is 0.248. The van der Waals surface area contributed by atoms with Gasteiger partial charge in [-0.1, -0.05) is 32.2 Å². The fourth-order valence-electron chi connectivity index (χ4n) is 2.53. The second kappa shape index (κ2) is 7.82. The first kappa shape index (κ1) is 15.5. The molecule has 0 aliphatic carbocycles. The first-order valence-electron chi connectivity index (χ1n) is 6.58. The van der Waals surface area contributed by atoms with Crippen molar-refractivity contribution in [2.24, 2.45) is 11.7 Å². The van der Waals surface area contributed by atoms with Crippen molar-refractivity contribution in [3.8, 4) is 0 Å². The van der Waals surface area contributed by atoms with Crippen molar-refractivity contribution in [3.05, 3.63) is 36.5 Å². The van der Waals surface area contributed by atoms with Crippen LogP contribution >= 0.6 is 11.8 Å². The van der Waals surface area contributed by atoms with Crippen LogP contribution in [0.2, 0.25) is 0 Å². The normalized spacial score (nSPS) is 20.6. The molecule has 0 aromatic carbocycles. The van der Waals surface area contributed by atoms with Crippen molar-refractivity contribution >= 4 is 11.8 Å². The van der Waals surface area contributed by atoms with Crippen molar-refractivity contribution < 1.29 is 0 Å². The Morgan fingerprint density at radius 3 is 2.56 bits per heavy atom. The van der Waals surface area contributed by atoms with Crippen LogP contribution in [-0.2, 0) is 0 Å². The van der Waals surface area contributed by atoms with Crippen LogP contribution in [0.25, 0.3) is 0 Å². The zero-order valence-corrected chi connectivity index (χ0v) is 12.5. The minimum absolute atomic E-state index is 0.557. The lowest BCUT2D eigenvalue weighted by atomic mass is 9.98. The SMILES string of the molecule is C=CC1=C(C=C)CN(CC(C)C(CN)SC)CC1. The summed E-state index contributed by atoms with van der Waals surface area (Å²) in [4.78, 5) is 2.51. The van der Waals surface area contributed by atoms with Crippen molar-refractivity contribution in [1.82, 2.24) is 4.90 Å². The Labute approximate surface area is 116 Å². The molecular weight excluding hydrogens is 240 g/mol. The standard InChI is InChI=1S/C15H26N2S/c1-5-13-7-8-17(11-14(13)6-2)10-12(3)15(9-16)18-4/h5-6,12,15H,1-2,7-11,16H2,3-4H3. The van der Waals surface area contributed by atoms with Gasteiger partial charge in [0, 0.05) is 31.4 Å². The molecule has 2 atom stereocenters. The van der Waals surface area contributed by atoms with Crippen LogP contribution in [-0.4, -0.2) is 42.6 Å². The quantitative estimate of drug-likeness (QED) is 0.768. The van der Waals surface area contributed by atoms with E-state index in [1.165, 1.54) is 11.1 Å². The van der Waals surface area contributed by atoms with Crippen LogP contribution in [0.4, 0.5) is 0 Å². The summed E-state index contributed by atoms with van der Waals surface area (Å²) in [6.07, 6.45) is 7.18. The molecule has 0 fully saturated rings. The average molecular weight is 266 g/mol. The van der Waals surface area contributed by atoms with E-state index in [0.29, 0.717) is 11.2 Å². The lowest BCUT2D eigenvalue weighted by Crippen LogP contribution is -2.38. The van der Waals surface area contributed by atoms with Gasteiger partial charge in [-0.3, -0.25) is 4.90 Å². The van der Waals surface area contributed by atoms with E-state index in [2.05, 4.69) is 31.2 Å². The maximum absolute atomic E-state index is 5.81. The third-order valence-electron chi connectivity index (χ3n) is 3.71. The number of nitrogens with two attached hydrogens (primary N) is 1. The van der Waals surface area contributed by atoms with Crippen molar-refractivity contribution in [1.29, 1.82) is 0 Å². The second-order valence-electron chi connectivity index (χ2n) is 4.93. The third kappa shape index (κ3) is 4.01. The summed E-state index contributed by atoms with van der Waals surface area (Å²) in [5.41, 5.74) is 8.49. The fourth-order valence-corrected chi connectivity index (χ4v) is 3.27. The van der Waals surface area contributed by atoms with Gasteiger partial charge in [0.15, 0.2) is 0 Å². The Morgan fingerprint density at radius 2 is 2.06 bits per heavy atom. The average Bonchev–Trinajstić information content (AvgIpc) is 2.40. The second-order valence-corrected chi connectivity index (χ2v) is 6.01. The van der Waals surface area contributed by atoms with Gasteiger partial charge >= 0.3 is 0 Å². The molecular formula is C15H26N2S. The van der Waals surface area contributed by atoms with Crippen LogP contribution in [0, 0.1) is 5.92 Å². The Balaban J connectivity index is 2.58. The van der Waals surface area contributed by atoms with Crippen LogP contribution in [0.15, 0.2) is 36.5 Å². The monoisotopic (exact) mass is 266 g/mol. The van der Waals surface area contributed by atoms with Gasteiger partial charge in [-0.2, -0.15) is 11.8 Å². The maximum Gasteiger partial charge on any atom is 0.0236 e. The Hall–Kier alpha value is -0.510.